The van der Waals surface area contributed by atoms with Gasteiger partial charge in [-0.25, -0.2) is 0 Å². The van der Waals surface area contributed by atoms with Gasteiger partial charge < -0.3 is 10.4 Å². The van der Waals surface area contributed by atoms with Gasteiger partial charge in [0, 0.05) is 12.1 Å². The molecule has 1 aromatic heterocycles. The third-order valence-electron chi connectivity index (χ3n) is 2.90. The number of hydrogen-bond acceptors (Lipinski definition) is 3. The molecule has 4 heteroatoms. The number of aliphatic hydroxyl groups is 1. The minimum atomic E-state index is 0.0222. The Morgan fingerprint density at radius 1 is 1.57 bits per heavy atom. The minimum absolute atomic E-state index is 0.0222. The topological polar surface area (TPSA) is 32.3 Å². The van der Waals surface area contributed by atoms with E-state index in [2.05, 4.69) is 32.7 Å². The lowest BCUT2D eigenvalue weighted by molar-refractivity contribution is 0.0872. The lowest BCUT2D eigenvalue weighted by Gasteiger charge is -2.41. The molecule has 2 N–H and O–H groups in total. The molecule has 0 bridgehead atoms. The van der Waals surface area contributed by atoms with Gasteiger partial charge in [0.1, 0.15) is 0 Å². The molecule has 14 heavy (non-hydrogen) atoms. The Kier molecular flexibility index (Phi) is 3.27. The first-order chi connectivity index (χ1) is 6.74. The van der Waals surface area contributed by atoms with Crippen molar-refractivity contribution in [2.24, 2.45) is 0 Å². The number of hydrogen-bond donors (Lipinski definition) is 2. The van der Waals surface area contributed by atoms with E-state index in [-0.39, 0.29) is 12.1 Å². The van der Waals surface area contributed by atoms with E-state index in [1.54, 1.807) is 11.3 Å². The predicted molar refractivity (Wildman–Crippen MR) is 62.5 cm³/mol. The third-order valence-corrected chi connectivity index (χ3v) is 4.46. The lowest BCUT2D eigenvalue weighted by atomic mass is 9.77. The number of halogens is 1. The molecular weight excluding hydrogens is 262 g/mol. The van der Waals surface area contributed by atoms with Crippen molar-refractivity contribution in [2.75, 3.05) is 6.61 Å². The van der Waals surface area contributed by atoms with Crippen molar-refractivity contribution < 1.29 is 5.11 Å². The van der Waals surface area contributed by atoms with E-state index < -0.39 is 0 Å². The fraction of sp³-hybridized carbons (Fsp3) is 0.600. The van der Waals surface area contributed by atoms with Crippen LogP contribution in [0.15, 0.2) is 15.2 Å². The van der Waals surface area contributed by atoms with Gasteiger partial charge in [-0.2, -0.15) is 0 Å². The highest BCUT2D eigenvalue weighted by Gasteiger charge is 2.35. The second-order valence-corrected chi connectivity index (χ2v) is 6.20. The summed E-state index contributed by atoms with van der Waals surface area (Å²) in [5.74, 6) is 0. The molecular formula is C10H14BrNOS. The zero-order chi connectivity index (χ0) is 10.0. The summed E-state index contributed by atoms with van der Waals surface area (Å²) >= 11 is 5.14. The largest absolute Gasteiger partial charge is 0.394 e. The molecule has 0 unspecified atom stereocenters. The van der Waals surface area contributed by atoms with Crippen LogP contribution in [0.4, 0.5) is 0 Å². The molecule has 0 saturated heterocycles. The summed E-state index contributed by atoms with van der Waals surface area (Å²) in [6.07, 6.45) is 3.45. The first-order valence-corrected chi connectivity index (χ1v) is 6.50. The van der Waals surface area contributed by atoms with Crippen molar-refractivity contribution in [3.63, 3.8) is 0 Å². The lowest BCUT2D eigenvalue weighted by Crippen LogP contribution is -2.53. The number of aliphatic hydroxyl groups excluding tert-OH is 1. The van der Waals surface area contributed by atoms with Gasteiger partial charge in [0.15, 0.2) is 0 Å². The van der Waals surface area contributed by atoms with E-state index in [0.717, 1.165) is 19.4 Å². The van der Waals surface area contributed by atoms with Crippen molar-refractivity contribution in [3.05, 3.63) is 20.8 Å². The minimum Gasteiger partial charge on any atom is -0.394 e. The molecule has 1 aliphatic carbocycles. The second kappa shape index (κ2) is 4.31. The predicted octanol–water partition coefficient (Wildman–Crippen LogP) is 2.52. The summed E-state index contributed by atoms with van der Waals surface area (Å²) in [6.45, 7) is 1.13. The van der Waals surface area contributed by atoms with Gasteiger partial charge in [0.05, 0.1) is 10.4 Å². The van der Waals surface area contributed by atoms with Crippen LogP contribution >= 0.6 is 27.3 Å². The zero-order valence-corrected chi connectivity index (χ0v) is 10.3. The van der Waals surface area contributed by atoms with Crippen LogP contribution in [0.3, 0.4) is 0 Å². The molecule has 1 fully saturated rings. The van der Waals surface area contributed by atoms with E-state index >= 15 is 0 Å². The van der Waals surface area contributed by atoms with Crippen LogP contribution in [0.1, 0.15) is 24.8 Å². The van der Waals surface area contributed by atoms with Crippen LogP contribution in [0.5, 0.6) is 0 Å². The van der Waals surface area contributed by atoms with Crippen molar-refractivity contribution in [1.82, 2.24) is 5.32 Å². The standard InChI is InChI=1S/C10H14BrNOS/c11-9-4-8(6-14-9)5-12-10(7-13)2-1-3-10/h4,6,12-13H,1-3,5,7H2. The van der Waals surface area contributed by atoms with Crippen LogP contribution in [-0.4, -0.2) is 17.3 Å². The monoisotopic (exact) mass is 275 g/mol. The Balaban J connectivity index is 1.87. The van der Waals surface area contributed by atoms with Crippen molar-refractivity contribution in [2.45, 2.75) is 31.3 Å². The average molecular weight is 276 g/mol. The smallest absolute Gasteiger partial charge is 0.0701 e. The Bertz CT molecular complexity index is 303. The molecule has 1 saturated carbocycles. The molecule has 0 spiro atoms. The van der Waals surface area contributed by atoms with Gasteiger partial charge in [0.25, 0.3) is 0 Å². The number of rotatable bonds is 4. The van der Waals surface area contributed by atoms with Gasteiger partial charge in [-0.05, 0) is 52.2 Å². The molecule has 0 atom stereocenters. The molecule has 0 amide bonds. The van der Waals surface area contributed by atoms with Crippen LogP contribution < -0.4 is 5.32 Å². The Hall–Kier alpha value is 0.100. The fourth-order valence-corrected chi connectivity index (χ4v) is 2.93. The van der Waals surface area contributed by atoms with Gasteiger partial charge >= 0.3 is 0 Å². The molecule has 0 radical (unpaired) electrons. The van der Waals surface area contributed by atoms with Gasteiger partial charge in [-0.15, -0.1) is 11.3 Å². The highest BCUT2D eigenvalue weighted by atomic mass is 79.9. The molecule has 0 aromatic carbocycles. The highest BCUT2D eigenvalue weighted by molar-refractivity contribution is 9.11. The maximum Gasteiger partial charge on any atom is 0.0701 e. The molecule has 2 nitrogen and oxygen atoms in total. The van der Waals surface area contributed by atoms with Crippen LogP contribution in [0, 0.1) is 0 Å². The molecule has 2 rings (SSSR count). The Morgan fingerprint density at radius 3 is 2.79 bits per heavy atom. The van der Waals surface area contributed by atoms with Gasteiger partial charge in [-0.1, -0.05) is 0 Å². The van der Waals surface area contributed by atoms with E-state index in [1.165, 1.54) is 15.8 Å². The second-order valence-electron chi connectivity index (χ2n) is 3.90. The molecule has 1 heterocycles. The van der Waals surface area contributed by atoms with E-state index in [0.29, 0.717) is 0 Å². The fourth-order valence-electron chi connectivity index (χ4n) is 1.72. The molecule has 78 valence electrons. The molecule has 0 aliphatic heterocycles. The van der Waals surface area contributed by atoms with Crippen molar-refractivity contribution >= 4 is 27.3 Å². The number of thiophene rings is 1. The number of nitrogens with one attached hydrogen (secondary N) is 1. The maximum absolute atomic E-state index is 9.25. The van der Waals surface area contributed by atoms with E-state index in [4.69, 9.17) is 0 Å². The van der Waals surface area contributed by atoms with Gasteiger partial charge in [-0.3, -0.25) is 0 Å². The van der Waals surface area contributed by atoms with Crippen LogP contribution in [-0.2, 0) is 6.54 Å². The summed E-state index contributed by atoms with van der Waals surface area (Å²) in [5.41, 5.74) is 1.32. The summed E-state index contributed by atoms with van der Waals surface area (Å²) in [7, 11) is 0. The normalized spacial score (nSPS) is 19.3. The summed E-state index contributed by atoms with van der Waals surface area (Å²) < 4.78 is 1.17. The maximum atomic E-state index is 9.25. The summed E-state index contributed by atoms with van der Waals surface area (Å²) in [4.78, 5) is 0. The molecule has 1 aliphatic rings. The van der Waals surface area contributed by atoms with Gasteiger partial charge in [0.2, 0.25) is 0 Å². The average Bonchev–Trinajstić information content (AvgIpc) is 2.50. The summed E-state index contributed by atoms with van der Waals surface area (Å²) in [6, 6.07) is 2.13. The summed E-state index contributed by atoms with van der Waals surface area (Å²) in [5, 5.41) is 14.8. The first-order valence-electron chi connectivity index (χ1n) is 4.83. The van der Waals surface area contributed by atoms with Crippen molar-refractivity contribution in [3.8, 4) is 0 Å². The Morgan fingerprint density at radius 2 is 2.36 bits per heavy atom. The Labute approximate surface area is 96.5 Å². The van der Waals surface area contributed by atoms with E-state index in [9.17, 15) is 5.11 Å². The highest BCUT2D eigenvalue weighted by Crippen LogP contribution is 2.31. The van der Waals surface area contributed by atoms with Crippen LogP contribution in [0.25, 0.3) is 0 Å². The third kappa shape index (κ3) is 2.19. The SMILES string of the molecule is OCC1(NCc2csc(Br)c2)CCC1. The first kappa shape index (κ1) is 10.6. The quantitative estimate of drug-likeness (QED) is 0.885. The zero-order valence-electron chi connectivity index (χ0n) is 7.92. The van der Waals surface area contributed by atoms with E-state index in [1.807, 2.05) is 0 Å². The van der Waals surface area contributed by atoms with Crippen LogP contribution in [0.2, 0.25) is 0 Å². The van der Waals surface area contributed by atoms with Crippen molar-refractivity contribution in [1.29, 1.82) is 0 Å². The molecule has 1 aromatic rings.